The Hall–Kier alpha value is -2.62. The molecule has 0 fully saturated rings. The normalized spacial score (nSPS) is 10.0. The van der Waals surface area contributed by atoms with Crippen LogP contribution < -0.4 is 10.6 Å². The average Bonchev–Trinajstić information content (AvgIpc) is 2.44. The second-order valence-electron chi connectivity index (χ2n) is 4.93. The van der Waals surface area contributed by atoms with Crippen molar-refractivity contribution in [2.75, 3.05) is 11.9 Å². The highest BCUT2D eigenvalue weighted by molar-refractivity contribution is 5.93. The third kappa shape index (κ3) is 4.18. The molecule has 1 amide bonds. The quantitative estimate of drug-likeness (QED) is 0.826. The van der Waals surface area contributed by atoms with E-state index in [0.717, 1.165) is 11.4 Å². The molecule has 0 unspecified atom stereocenters. The van der Waals surface area contributed by atoms with Crippen molar-refractivity contribution >= 4 is 17.3 Å². The predicted octanol–water partition coefficient (Wildman–Crippen LogP) is 3.36. The van der Waals surface area contributed by atoms with Crippen molar-refractivity contribution in [3.05, 3.63) is 66.0 Å². The summed E-state index contributed by atoms with van der Waals surface area (Å²) in [4.78, 5) is 15.9. The second kappa shape index (κ2) is 6.70. The van der Waals surface area contributed by atoms with Crippen LogP contribution in [0, 0.1) is 13.8 Å². The van der Waals surface area contributed by atoms with E-state index in [1.807, 2.05) is 6.07 Å². The Morgan fingerprint density at radius 3 is 2.57 bits per heavy atom. The Balaban J connectivity index is 2.17. The molecule has 0 saturated carbocycles. The minimum Gasteiger partial charge on any atom is -0.355 e. The SMILES string of the molecule is C=CCNC(=O)c1cc(Nc2cc(C)cc(C)c2)ccn1. The van der Waals surface area contributed by atoms with E-state index in [4.69, 9.17) is 0 Å². The summed E-state index contributed by atoms with van der Waals surface area (Å²) in [6.07, 6.45) is 3.25. The van der Waals surface area contributed by atoms with Gasteiger partial charge in [0.15, 0.2) is 0 Å². The van der Waals surface area contributed by atoms with Gasteiger partial charge >= 0.3 is 0 Å². The van der Waals surface area contributed by atoms with Crippen LogP contribution in [0.5, 0.6) is 0 Å². The van der Waals surface area contributed by atoms with Crippen LogP contribution in [0.25, 0.3) is 0 Å². The van der Waals surface area contributed by atoms with E-state index in [1.54, 1.807) is 18.3 Å². The van der Waals surface area contributed by atoms with Crippen molar-refractivity contribution in [2.24, 2.45) is 0 Å². The van der Waals surface area contributed by atoms with Gasteiger partial charge in [-0.2, -0.15) is 0 Å². The minimum absolute atomic E-state index is 0.209. The number of aryl methyl sites for hydroxylation is 2. The molecule has 0 aliphatic rings. The van der Waals surface area contributed by atoms with Gasteiger partial charge in [-0.25, -0.2) is 0 Å². The molecule has 1 aromatic heterocycles. The van der Waals surface area contributed by atoms with Crippen molar-refractivity contribution in [2.45, 2.75) is 13.8 Å². The number of aromatic nitrogens is 1. The summed E-state index contributed by atoms with van der Waals surface area (Å²) in [6.45, 7) is 8.10. The van der Waals surface area contributed by atoms with Crippen molar-refractivity contribution < 1.29 is 4.79 Å². The van der Waals surface area contributed by atoms with Gasteiger partial charge < -0.3 is 10.6 Å². The molecule has 0 spiro atoms. The molecule has 1 heterocycles. The van der Waals surface area contributed by atoms with Gasteiger partial charge in [-0.1, -0.05) is 12.1 Å². The van der Waals surface area contributed by atoms with E-state index < -0.39 is 0 Å². The largest absolute Gasteiger partial charge is 0.355 e. The molecule has 0 bridgehead atoms. The maximum atomic E-state index is 11.9. The van der Waals surface area contributed by atoms with Crippen LogP contribution in [0.4, 0.5) is 11.4 Å². The topological polar surface area (TPSA) is 54.0 Å². The summed E-state index contributed by atoms with van der Waals surface area (Å²) >= 11 is 0. The van der Waals surface area contributed by atoms with Gasteiger partial charge in [0, 0.05) is 24.1 Å². The van der Waals surface area contributed by atoms with E-state index in [1.165, 1.54) is 11.1 Å². The van der Waals surface area contributed by atoms with Gasteiger partial charge in [-0.3, -0.25) is 9.78 Å². The first kappa shape index (κ1) is 14.8. The highest BCUT2D eigenvalue weighted by Crippen LogP contribution is 2.19. The Kier molecular flexibility index (Phi) is 4.72. The lowest BCUT2D eigenvalue weighted by atomic mass is 10.1. The molecule has 2 aromatic rings. The zero-order valence-electron chi connectivity index (χ0n) is 12.3. The van der Waals surface area contributed by atoms with Crippen LogP contribution in [0.1, 0.15) is 21.6 Å². The Morgan fingerprint density at radius 1 is 1.19 bits per heavy atom. The van der Waals surface area contributed by atoms with Gasteiger partial charge in [0.25, 0.3) is 5.91 Å². The Labute approximate surface area is 124 Å². The molecule has 108 valence electrons. The van der Waals surface area contributed by atoms with Crippen molar-refractivity contribution in [1.82, 2.24) is 10.3 Å². The number of nitrogens with one attached hydrogen (secondary N) is 2. The molecule has 4 heteroatoms. The Bertz CT molecular complexity index is 645. The summed E-state index contributed by atoms with van der Waals surface area (Å²) in [5.74, 6) is -0.209. The monoisotopic (exact) mass is 281 g/mol. The zero-order valence-corrected chi connectivity index (χ0v) is 12.3. The van der Waals surface area contributed by atoms with Crippen molar-refractivity contribution in [3.63, 3.8) is 0 Å². The van der Waals surface area contributed by atoms with Gasteiger partial charge in [-0.05, 0) is 49.2 Å². The standard InChI is InChI=1S/C17H19N3O/c1-4-6-19-17(21)16-11-14(5-7-18-16)20-15-9-12(2)8-13(3)10-15/h4-5,7-11H,1,6H2,2-3H3,(H,18,20)(H,19,21). The summed E-state index contributed by atoms with van der Waals surface area (Å²) in [5, 5.41) is 6.01. The predicted molar refractivity (Wildman–Crippen MR) is 86.0 cm³/mol. The first-order valence-electron chi connectivity index (χ1n) is 6.79. The van der Waals surface area contributed by atoms with E-state index in [2.05, 4.69) is 54.2 Å². The van der Waals surface area contributed by atoms with E-state index in [-0.39, 0.29) is 5.91 Å². The number of hydrogen-bond donors (Lipinski definition) is 2. The molecular formula is C17H19N3O. The van der Waals surface area contributed by atoms with Crippen LogP contribution in [0.15, 0.2) is 49.2 Å². The first-order chi connectivity index (χ1) is 10.1. The second-order valence-corrected chi connectivity index (χ2v) is 4.93. The smallest absolute Gasteiger partial charge is 0.270 e. The number of pyridine rings is 1. The van der Waals surface area contributed by atoms with Gasteiger partial charge in [-0.15, -0.1) is 6.58 Å². The molecule has 0 aliphatic heterocycles. The van der Waals surface area contributed by atoms with Crippen molar-refractivity contribution in [3.8, 4) is 0 Å². The zero-order chi connectivity index (χ0) is 15.2. The number of anilines is 2. The summed E-state index contributed by atoms with van der Waals surface area (Å²) in [5.41, 5.74) is 4.59. The molecule has 0 atom stereocenters. The van der Waals surface area contributed by atoms with Crippen LogP contribution in [0.3, 0.4) is 0 Å². The highest BCUT2D eigenvalue weighted by Gasteiger charge is 2.07. The van der Waals surface area contributed by atoms with Gasteiger partial charge in [0.1, 0.15) is 5.69 Å². The molecule has 2 N–H and O–H groups in total. The lowest BCUT2D eigenvalue weighted by molar-refractivity contribution is 0.0953. The lowest BCUT2D eigenvalue weighted by Gasteiger charge is -2.09. The third-order valence-corrected chi connectivity index (χ3v) is 2.91. The van der Waals surface area contributed by atoms with Crippen LogP contribution in [0.2, 0.25) is 0 Å². The number of carbonyl (C=O) groups is 1. The highest BCUT2D eigenvalue weighted by atomic mass is 16.1. The summed E-state index contributed by atoms with van der Waals surface area (Å²) < 4.78 is 0. The van der Waals surface area contributed by atoms with E-state index in [0.29, 0.717) is 12.2 Å². The third-order valence-electron chi connectivity index (χ3n) is 2.91. The number of amides is 1. The number of rotatable bonds is 5. The summed E-state index contributed by atoms with van der Waals surface area (Å²) in [6, 6.07) is 9.81. The molecule has 1 aromatic carbocycles. The minimum atomic E-state index is -0.209. The average molecular weight is 281 g/mol. The van der Waals surface area contributed by atoms with Crippen LogP contribution in [-0.4, -0.2) is 17.4 Å². The molecule has 0 aliphatic carbocycles. The van der Waals surface area contributed by atoms with Gasteiger partial charge in [0.2, 0.25) is 0 Å². The molecule has 4 nitrogen and oxygen atoms in total. The molecule has 0 saturated heterocycles. The number of carbonyl (C=O) groups excluding carboxylic acids is 1. The first-order valence-corrected chi connectivity index (χ1v) is 6.79. The number of benzene rings is 1. The Morgan fingerprint density at radius 2 is 1.90 bits per heavy atom. The number of nitrogens with zero attached hydrogens (tertiary/aromatic N) is 1. The van der Waals surface area contributed by atoms with E-state index >= 15 is 0 Å². The van der Waals surface area contributed by atoms with Crippen molar-refractivity contribution in [1.29, 1.82) is 0 Å². The van der Waals surface area contributed by atoms with Gasteiger partial charge in [0.05, 0.1) is 0 Å². The van der Waals surface area contributed by atoms with Crippen LogP contribution in [-0.2, 0) is 0 Å². The summed E-state index contributed by atoms with van der Waals surface area (Å²) in [7, 11) is 0. The molecule has 0 radical (unpaired) electrons. The molecular weight excluding hydrogens is 262 g/mol. The van der Waals surface area contributed by atoms with E-state index in [9.17, 15) is 4.79 Å². The van der Waals surface area contributed by atoms with Crippen LogP contribution >= 0.6 is 0 Å². The fourth-order valence-electron chi connectivity index (χ4n) is 2.10. The molecule has 21 heavy (non-hydrogen) atoms. The fraction of sp³-hybridized carbons (Fsp3) is 0.176. The number of hydrogen-bond acceptors (Lipinski definition) is 3. The molecule has 2 rings (SSSR count). The fourth-order valence-corrected chi connectivity index (χ4v) is 2.10. The lowest BCUT2D eigenvalue weighted by Crippen LogP contribution is -2.24. The maximum absolute atomic E-state index is 11.9. The maximum Gasteiger partial charge on any atom is 0.270 e.